The van der Waals surface area contributed by atoms with E-state index in [1.807, 2.05) is 0 Å². The monoisotopic (exact) mass is 297 g/mol. The summed E-state index contributed by atoms with van der Waals surface area (Å²) in [5, 5.41) is 0. The van der Waals surface area contributed by atoms with Crippen LogP contribution in [0.2, 0.25) is 0 Å². The predicted molar refractivity (Wildman–Crippen MR) is 54.5 cm³/mol. The number of anilines is 1. The molecule has 0 aliphatic rings. The van der Waals surface area contributed by atoms with Crippen LogP contribution < -0.4 is 15.5 Å². The van der Waals surface area contributed by atoms with Gasteiger partial charge in [0, 0.05) is 11.8 Å². The first-order valence-corrected chi connectivity index (χ1v) is 7.33. The first kappa shape index (κ1) is 15.2. The SMILES string of the molecule is Cc1ncc(COP(=O)([O-])OP(=O)([O-])O)c(N)n1. The molecular weight excluding hydrogens is 288 g/mol. The molecule has 0 bridgehead atoms. The molecule has 2 atom stereocenters. The normalized spacial score (nSPS) is 18.0. The van der Waals surface area contributed by atoms with Gasteiger partial charge in [-0.25, -0.2) is 14.3 Å². The summed E-state index contributed by atoms with van der Waals surface area (Å²) in [5.74, 6) is 0.356. The minimum atomic E-state index is -5.44. The zero-order valence-corrected chi connectivity index (χ0v) is 10.8. The van der Waals surface area contributed by atoms with Crippen LogP contribution in [0.5, 0.6) is 0 Å². The summed E-state index contributed by atoms with van der Waals surface area (Å²) in [6, 6.07) is 0. The molecule has 0 aromatic carbocycles. The van der Waals surface area contributed by atoms with Crippen molar-refractivity contribution in [3.8, 4) is 0 Å². The second kappa shape index (κ2) is 5.41. The molecule has 2 unspecified atom stereocenters. The van der Waals surface area contributed by atoms with Crippen LogP contribution >= 0.6 is 15.6 Å². The fraction of sp³-hybridized carbons (Fsp3) is 0.333. The van der Waals surface area contributed by atoms with Crippen LogP contribution in [-0.4, -0.2) is 14.9 Å². The van der Waals surface area contributed by atoms with Crippen molar-refractivity contribution in [2.45, 2.75) is 13.5 Å². The van der Waals surface area contributed by atoms with E-state index in [0.29, 0.717) is 5.82 Å². The lowest BCUT2D eigenvalue weighted by molar-refractivity contribution is -0.241. The standard InChI is InChI=1S/C6H11N3O7P2/c1-4-8-2-5(6(7)9-4)3-15-18(13,14)16-17(10,11)12/h2H,3H2,1H3,(H,13,14)(H2,7,8,9)(H2,10,11,12)/p-2. The Morgan fingerprint density at radius 2 is 2.11 bits per heavy atom. The van der Waals surface area contributed by atoms with E-state index in [2.05, 4.69) is 18.8 Å². The lowest BCUT2D eigenvalue weighted by Gasteiger charge is -2.27. The van der Waals surface area contributed by atoms with Crippen molar-refractivity contribution in [2.75, 3.05) is 5.73 Å². The highest BCUT2D eigenvalue weighted by atomic mass is 31.3. The molecule has 0 fully saturated rings. The van der Waals surface area contributed by atoms with E-state index in [1.165, 1.54) is 6.20 Å². The van der Waals surface area contributed by atoms with Gasteiger partial charge in [0.25, 0.3) is 15.6 Å². The third kappa shape index (κ3) is 5.19. The Hall–Kier alpha value is -0.860. The second-order valence-corrected chi connectivity index (χ2v) is 5.84. The minimum absolute atomic E-state index is 0.0168. The van der Waals surface area contributed by atoms with Crippen molar-refractivity contribution in [3.05, 3.63) is 17.6 Å². The first-order valence-electron chi connectivity index (χ1n) is 4.38. The maximum absolute atomic E-state index is 11.0. The highest BCUT2D eigenvalue weighted by Gasteiger charge is 2.17. The van der Waals surface area contributed by atoms with E-state index in [0.717, 1.165) is 0 Å². The number of hydrogen-bond donors (Lipinski definition) is 2. The highest BCUT2D eigenvalue weighted by Crippen LogP contribution is 2.52. The van der Waals surface area contributed by atoms with Gasteiger partial charge in [-0.15, -0.1) is 0 Å². The van der Waals surface area contributed by atoms with Gasteiger partial charge in [-0.05, 0) is 6.92 Å². The Labute approximate surface area is 102 Å². The van der Waals surface area contributed by atoms with E-state index in [-0.39, 0.29) is 11.4 Å². The molecule has 0 amide bonds. The number of nitrogens with two attached hydrogens (primary N) is 1. The van der Waals surface area contributed by atoms with Crippen molar-refractivity contribution >= 4 is 21.5 Å². The molecule has 102 valence electrons. The molecule has 0 saturated heterocycles. The summed E-state index contributed by atoms with van der Waals surface area (Å²) >= 11 is 0. The summed E-state index contributed by atoms with van der Waals surface area (Å²) in [4.78, 5) is 36.9. The van der Waals surface area contributed by atoms with Crippen LogP contribution in [0.1, 0.15) is 11.4 Å². The van der Waals surface area contributed by atoms with Crippen molar-refractivity contribution in [2.24, 2.45) is 0 Å². The molecular formula is C6H9N3O7P2-2. The largest absolute Gasteiger partial charge is 0.756 e. The molecule has 0 aliphatic carbocycles. The number of phosphoric ester groups is 1. The zero-order valence-electron chi connectivity index (χ0n) is 9.05. The quantitative estimate of drug-likeness (QED) is 0.630. The minimum Gasteiger partial charge on any atom is -0.756 e. The van der Waals surface area contributed by atoms with Gasteiger partial charge in [-0.3, -0.25) is 9.13 Å². The maximum Gasteiger partial charge on any atom is 0.274 e. The number of aryl methyl sites for hydroxylation is 1. The fourth-order valence-corrected chi connectivity index (χ4v) is 2.42. The van der Waals surface area contributed by atoms with Crippen molar-refractivity contribution < 1.29 is 32.6 Å². The molecule has 0 aliphatic heterocycles. The molecule has 0 saturated carbocycles. The van der Waals surface area contributed by atoms with Crippen LogP contribution in [-0.2, 0) is 24.6 Å². The Morgan fingerprint density at radius 1 is 1.50 bits per heavy atom. The van der Waals surface area contributed by atoms with E-state index >= 15 is 0 Å². The molecule has 3 N–H and O–H groups in total. The third-order valence-electron chi connectivity index (χ3n) is 1.60. The van der Waals surface area contributed by atoms with Crippen LogP contribution in [0.25, 0.3) is 0 Å². The van der Waals surface area contributed by atoms with E-state index in [4.69, 9.17) is 10.6 Å². The van der Waals surface area contributed by atoms with E-state index < -0.39 is 22.3 Å². The number of aromatic nitrogens is 2. The number of nitrogen functional groups attached to an aromatic ring is 1. The Bertz CT molecular complexity index is 530. The number of hydrogen-bond acceptors (Lipinski definition) is 9. The Balaban J connectivity index is 2.70. The summed E-state index contributed by atoms with van der Waals surface area (Å²) < 4.78 is 28.8. The molecule has 18 heavy (non-hydrogen) atoms. The van der Waals surface area contributed by atoms with Crippen LogP contribution in [0.4, 0.5) is 5.82 Å². The molecule has 0 radical (unpaired) electrons. The van der Waals surface area contributed by atoms with Gasteiger partial charge in [-0.1, -0.05) is 0 Å². The molecule has 1 rings (SSSR count). The van der Waals surface area contributed by atoms with E-state index in [9.17, 15) is 18.9 Å². The summed E-state index contributed by atoms with van der Waals surface area (Å²) in [7, 11) is -10.6. The van der Waals surface area contributed by atoms with Gasteiger partial charge < -0.3 is 24.9 Å². The molecule has 1 aromatic rings. The average Bonchev–Trinajstić information content (AvgIpc) is 2.12. The smallest absolute Gasteiger partial charge is 0.274 e. The molecule has 12 heteroatoms. The van der Waals surface area contributed by atoms with Crippen molar-refractivity contribution in [1.29, 1.82) is 0 Å². The van der Waals surface area contributed by atoms with Gasteiger partial charge >= 0.3 is 0 Å². The van der Waals surface area contributed by atoms with Crippen LogP contribution in [0, 0.1) is 6.92 Å². The fourth-order valence-electron chi connectivity index (χ4n) is 0.922. The molecule has 1 aromatic heterocycles. The summed E-state index contributed by atoms with van der Waals surface area (Å²) in [5.41, 5.74) is 5.57. The highest BCUT2D eigenvalue weighted by molar-refractivity contribution is 7.59. The number of rotatable bonds is 5. The molecule has 0 spiro atoms. The topological polar surface area (TPSA) is 171 Å². The maximum atomic E-state index is 11.0. The second-order valence-electron chi connectivity index (χ2n) is 3.10. The third-order valence-corrected chi connectivity index (χ3v) is 3.67. The van der Waals surface area contributed by atoms with Crippen molar-refractivity contribution in [3.63, 3.8) is 0 Å². The van der Waals surface area contributed by atoms with Crippen LogP contribution in [0.15, 0.2) is 6.20 Å². The summed E-state index contributed by atoms with van der Waals surface area (Å²) in [6.07, 6.45) is 1.22. The van der Waals surface area contributed by atoms with E-state index in [1.54, 1.807) is 6.92 Å². The lowest BCUT2D eigenvalue weighted by Crippen LogP contribution is -2.12. The Kier molecular flexibility index (Phi) is 4.57. The first-order chi connectivity index (χ1) is 8.09. The zero-order chi connectivity index (χ0) is 14.0. The number of phosphoric acid groups is 2. The molecule has 1 heterocycles. The van der Waals surface area contributed by atoms with Gasteiger partial charge in [0.15, 0.2) is 0 Å². The Morgan fingerprint density at radius 3 is 2.61 bits per heavy atom. The molecule has 10 nitrogen and oxygen atoms in total. The average molecular weight is 297 g/mol. The van der Waals surface area contributed by atoms with Gasteiger partial charge in [0.2, 0.25) is 0 Å². The van der Waals surface area contributed by atoms with Crippen molar-refractivity contribution in [1.82, 2.24) is 9.97 Å². The van der Waals surface area contributed by atoms with Gasteiger partial charge in [-0.2, -0.15) is 0 Å². The van der Waals surface area contributed by atoms with Gasteiger partial charge in [0.05, 0.1) is 6.61 Å². The summed E-state index contributed by atoms with van der Waals surface area (Å²) in [6.45, 7) is 0.953. The van der Waals surface area contributed by atoms with Crippen LogP contribution in [0.3, 0.4) is 0 Å². The lowest BCUT2D eigenvalue weighted by atomic mass is 10.3. The predicted octanol–water partition coefficient (Wildman–Crippen LogP) is -1.17. The van der Waals surface area contributed by atoms with Gasteiger partial charge in [0.1, 0.15) is 11.6 Å². The number of nitrogens with zero attached hydrogens (tertiary/aromatic N) is 2.